The maximum absolute atomic E-state index is 12.0. The molecule has 2 aliphatic rings. The molecule has 5 heteroatoms. The number of hydrogen-bond acceptors (Lipinski definition) is 3. The Kier molecular flexibility index (Phi) is 6.03. The molecule has 1 heterocycles. The number of carbonyl (C=O) groups excluding carboxylic acids is 1. The molecular weight excluding hydrogens is 268 g/mol. The molecule has 2 rings (SSSR count). The molecule has 1 saturated heterocycles. The van der Waals surface area contributed by atoms with Gasteiger partial charge in [0.2, 0.25) is 5.91 Å². The van der Waals surface area contributed by atoms with Gasteiger partial charge in [0.25, 0.3) is 0 Å². The molecule has 0 aromatic heterocycles. The molecule has 21 heavy (non-hydrogen) atoms. The zero-order chi connectivity index (χ0) is 15.1. The van der Waals surface area contributed by atoms with E-state index >= 15 is 0 Å². The Bertz CT molecular complexity index is 357. The number of rotatable bonds is 6. The maximum atomic E-state index is 12.0. The summed E-state index contributed by atoms with van der Waals surface area (Å²) >= 11 is 0. The van der Waals surface area contributed by atoms with Gasteiger partial charge in [0, 0.05) is 13.0 Å². The minimum Gasteiger partial charge on any atom is -0.481 e. The first kappa shape index (κ1) is 16.3. The highest BCUT2D eigenvalue weighted by molar-refractivity contribution is 5.79. The van der Waals surface area contributed by atoms with Crippen LogP contribution in [0.15, 0.2) is 0 Å². The molecule has 3 N–H and O–H groups in total. The van der Waals surface area contributed by atoms with Crippen LogP contribution in [0.4, 0.5) is 0 Å². The number of carboxylic acids is 1. The number of amides is 1. The average molecular weight is 296 g/mol. The van der Waals surface area contributed by atoms with Gasteiger partial charge in [-0.3, -0.25) is 9.59 Å². The molecule has 1 aliphatic carbocycles. The summed E-state index contributed by atoms with van der Waals surface area (Å²) in [5.74, 6) is -0.140. The third-order valence-corrected chi connectivity index (χ3v) is 5.08. The van der Waals surface area contributed by atoms with Gasteiger partial charge in [0.15, 0.2) is 0 Å². The molecule has 1 aliphatic heterocycles. The van der Waals surface area contributed by atoms with E-state index in [0.29, 0.717) is 31.7 Å². The van der Waals surface area contributed by atoms with E-state index in [1.54, 1.807) is 0 Å². The molecule has 0 aromatic carbocycles. The quantitative estimate of drug-likeness (QED) is 0.654. The summed E-state index contributed by atoms with van der Waals surface area (Å²) in [5, 5.41) is 15.8. The van der Waals surface area contributed by atoms with E-state index < -0.39 is 11.4 Å². The van der Waals surface area contributed by atoms with Gasteiger partial charge >= 0.3 is 5.97 Å². The zero-order valence-corrected chi connectivity index (χ0v) is 12.8. The minimum atomic E-state index is -0.746. The fraction of sp³-hybridized carbons (Fsp3) is 0.875. The van der Waals surface area contributed by atoms with Crippen molar-refractivity contribution in [2.24, 2.45) is 11.3 Å². The maximum Gasteiger partial charge on any atom is 0.311 e. The predicted molar refractivity (Wildman–Crippen MR) is 81.0 cm³/mol. The van der Waals surface area contributed by atoms with Crippen LogP contribution in [-0.2, 0) is 9.59 Å². The lowest BCUT2D eigenvalue weighted by molar-refractivity contribution is -0.149. The minimum absolute atomic E-state index is 0.00627. The van der Waals surface area contributed by atoms with E-state index in [2.05, 4.69) is 10.6 Å². The highest BCUT2D eigenvalue weighted by Crippen LogP contribution is 2.34. The lowest BCUT2D eigenvalue weighted by Crippen LogP contribution is -2.43. The van der Waals surface area contributed by atoms with Gasteiger partial charge in [-0.15, -0.1) is 0 Å². The van der Waals surface area contributed by atoms with E-state index in [0.717, 1.165) is 51.6 Å². The van der Waals surface area contributed by atoms with Gasteiger partial charge in [-0.25, -0.2) is 0 Å². The van der Waals surface area contributed by atoms with Crippen molar-refractivity contribution in [2.75, 3.05) is 19.6 Å². The van der Waals surface area contributed by atoms with Gasteiger partial charge in [0.1, 0.15) is 0 Å². The molecule has 0 radical (unpaired) electrons. The summed E-state index contributed by atoms with van der Waals surface area (Å²) in [4.78, 5) is 23.6. The Labute approximate surface area is 126 Å². The predicted octanol–water partition coefficient (Wildman–Crippen LogP) is 1.92. The number of hydrogen-bond donors (Lipinski definition) is 3. The first-order valence-electron chi connectivity index (χ1n) is 8.33. The second-order valence-electron chi connectivity index (χ2n) is 6.67. The topological polar surface area (TPSA) is 78.4 Å². The van der Waals surface area contributed by atoms with Crippen molar-refractivity contribution >= 4 is 11.9 Å². The van der Waals surface area contributed by atoms with E-state index in [4.69, 9.17) is 0 Å². The lowest BCUT2D eigenvalue weighted by atomic mass is 9.80. The first-order chi connectivity index (χ1) is 10.1. The van der Waals surface area contributed by atoms with Gasteiger partial charge < -0.3 is 15.7 Å². The molecule has 2 fully saturated rings. The Morgan fingerprint density at radius 3 is 2.48 bits per heavy atom. The molecule has 5 nitrogen and oxygen atoms in total. The second kappa shape index (κ2) is 7.78. The lowest BCUT2D eigenvalue weighted by Gasteiger charge is -2.28. The van der Waals surface area contributed by atoms with E-state index in [1.165, 1.54) is 0 Å². The highest BCUT2D eigenvalue weighted by Gasteiger charge is 2.38. The molecule has 1 atom stereocenters. The average Bonchev–Trinajstić information content (AvgIpc) is 2.87. The van der Waals surface area contributed by atoms with E-state index in [1.807, 2.05) is 0 Å². The summed E-state index contributed by atoms with van der Waals surface area (Å²) in [6.07, 6.45) is 8.07. The standard InChI is InChI=1S/C16H28N2O3/c19-14(6-5-13-7-10-17-11-13)18-12-16(15(20)21)8-3-1-2-4-9-16/h13,17H,1-12H2,(H,18,19)(H,20,21). The zero-order valence-electron chi connectivity index (χ0n) is 12.8. The normalized spacial score (nSPS) is 25.2. The van der Waals surface area contributed by atoms with Crippen LogP contribution in [0.3, 0.4) is 0 Å². The van der Waals surface area contributed by atoms with Gasteiger partial charge in [-0.2, -0.15) is 0 Å². The number of aliphatic carboxylic acids is 1. The first-order valence-corrected chi connectivity index (χ1v) is 8.33. The Hall–Kier alpha value is -1.10. The van der Waals surface area contributed by atoms with Crippen molar-refractivity contribution in [3.63, 3.8) is 0 Å². The Balaban J connectivity index is 1.77. The second-order valence-corrected chi connectivity index (χ2v) is 6.67. The molecule has 0 bridgehead atoms. The van der Waals surface area contributed by atoms with E-state index in [9.17, 15) is 14.7 Å². The fourth-order valence-corrected chi connectivity index (χ4v) is 3.52. The van der Waals surface area contributed by atoms with Crippen molar-refractivity contribution in [1.82, 2.24) is 10.6 Å². The third-order valence-electron chi connectivity index (χ3n) is 5.08. The van der Waals surface area contributed by atoms with Crippen molar-refractivity contribution < 1.29 is 14.7 Å². The summed E-state index contributed by atoms with van der Waals surface area (Å²) in [6, 6.07) is 0. The SMILES string of the molecule is O=C(CCC1CCNC1)NCC1(C(=O)O)CCCCCC1. The third kappa shape index (κ3) is 4.70. The van der Waals surface area contributed by atoms with Crippen LogP contribution in [0, 0.1) is 11.3 Å². The van der Waals surface area contributed by atoms with Crippen molar-refractivity contribution in [1.29, 1.82) is 0 Å². The fourth-order valence-electron chi connectivity index (χ4n) is 3.52. The summed E-state index contributed by atoms with van der Waals surface area (Å²) < 4.78 is 0. The molecular formula is C16H28N2O3. The number of carbonyl (C=O) groups is 2. The van der Waals surface area contributed by atoms with E-state index in [-0.39, 0.29) is 5.91 Å². The Morgan fingerprint density at radius 2 is 1.90 bits per heavy atom. The molecule has 120 valence electrons. The Morgan fingerprint density at radius 1 is 1.19 bits per heavy atom. The molecule has 1 unspecified atom stereocenters. The monoisotopic (exact) mass is 296 g/mol. The molecule has 0 aromatic rings. The number of nitrogens with one attached hydrogen (secondary N) is 2. The van der Waals surface area contributed by atoms with Crippen LogP contribution in [-0.4, -0.2) is 36.6 Å². The van der Waals surface area contributed by atoms with Gasteiger partial charge in [0.05, 0.1) is 5.41 Å². The van der Waals surface area contributed by atoms with Gasteiger partial charge in [-0.05, 0) is 44.7 Å². The van der Waals surface area contributed by atoms with Crippen molar-refractivity contribution in [3.05, 3.63) is 0 Å². The molecule has 1 amide bonds. The highest BCUT2D eigenvalue weighted by atomic mass is 16.4. The van der Waals surface area contributed by atoms with Crippen LogP contribution in [0.2, 0.25) is 0 Å². The summed E-state index contributed by atoms with van der Waals surface area (Å²) in [6.45, 7) is 2.35. The summed E-state index contributed by atoms with van der Waals surface area (Å²) in [7, 11) is 0. The van der Waals surface area contributed by atoms with Crippen LogP contribution >= 0.6 is 0 Å². The smallest absolute Gasteiger partial charge is 0.311 e. The van der Waals surface area contributed by atoms with Crippen molar-refractivity contribution in [3.8, 4) is 0 Å². The van der Waals surface area contributed by atoms with Crippen molar-refractivity contribution in [2.45, 2.75) is 57.8 Å². The van der Waals surface area contributed by atoms with Crippen LogP contribution in [0.25, 0.3) is 0 Å². The largest absolute Gasteiger partial charge is 0.481 e. The van der Waals surface area contributed by atoms with Crippen LogP contribution < -0.4 is 10.6 Å². The van der Waals surface area contributed by atoms with Gasteiger partial charge in [-0.1, -0.05) is 25.7 Å². The molecule has 0 spiro atoms. The molecule has 1 saturated carbocycles. The number of carboxylic acid groups (broad SMARTS) is 1. The summed E-state index contributed by atoms with van der Waals surface area (Å²) in [5.41, 5.74) is -0.735. The van der Waals surface area contributed by atoms with Crippen LogP contribution in [0.1, 0.15) is 57.8 Å². The van der Waals surface area contributed by atoms with Crippen LogP contribution in [0.5, 0.6) is 0 Å².